The molecule has 0 radical (unpaired) electrons. The molecule has 1 amide bonds. The van der Waals surface area contributed by atoms with E-state index >= 15 is 0 Å². The summed E-state index contributed by atoms with van der Waals surface area (Å²) in [5.74, 6) is 0.743. The molecule has 2 aliphatic heterocycles. The van der Waals surface area contributed by atoms with Gasteiger partial charge in [-0.1, -0.05) is 0 Å². The lowest BCUT2D eigenvalue weighted by Crippen LogP contribution is -2.54. The topological polar surface area (TPSA) is 52.6 Å². The SMILES string of the molecule is C[C@@H](O)[C@H]1CCCN(C(=O)C2CNC2)C1. The summed E-state index contributed by atoms with van der Waals surface area (Å²) >= 11 is 0. The third-order valence-electron chi connectivity index (χ3n) is 3.58. The van der Waals surface area contributed by atoms with E-state index in [4.69, 9.17) is 0 Å². The lowest BCUT2D eigenvalue weighted by Gasteiger charge is -2.38. The molecule has 15 heavy (non-hydrogen) atoms. The lowest BCUT2D eigenvalue weighted by molar-refractivity contribution is -0.139. The Morgan fingerprint density at radius 3 is 2.80 bits per heavy atom. The molecule has 4 heteroatoms. The van der Waals surface area contributed by atoms with E-state index < -0.39 is 0 Å². The minimum atomic E-state index is -0.292. The summed E-state index contributed by atoms with van der Waals surface area (Å²) in [6, 6.07) is 0. The molecule has 2 atom stereocenters. The van der Waals surface area contributed by atoms with Gasteiger partial charge in [0, 0.05) is 32.1 Å². The summed E-state index contributed by atoms with van der Waals surface area (Å²) in [5, 5.41) is 12.7. The van der Waals surface area contributed by atoms with Gasteiger partial charge in [-0.3, -0.25) is 4.79 Å². The van der Waals surface area contributed by atoms with Gasteiger partial charge in [0.05, 0.1) is 12.0 Å². The van der Waals surface area contributed by atoms with Crippen LogP contribution in [0.5, 0.6) is 0 Å². The Morgan fingerprint density at radius 2 is 2.27 bits per heavy atom. The monoisotopic (exact) mass is 212 g/mol. The van der Waals surface area contributed by atoms with Gasteiger partial charge in [0.15, 0.2) is 0 Å². The first-order valence-corrected chi connectivity index (χ1v) is 5.86. The van der Waals surface area contributed by atoms with Crippen LogP contribution in [0.2, 0.25) is 0 Å². The number of carbonyl (C=O) groups is 1. The van der Waals surface area contributed by atoms with Crippen molar-refractivity contribution in [2.45, 2.75) is 25.9 Å². The smallest absolute Gasteiger partial charge is 0.228 e. The van der Waals surface area contributed by atoms with E-state index in [1.165, 1.54) is 0 Å². The number of hydrogen-bond acceptors (Lipinski definition) is 3. The highest BCUT2D eigenvalue weighted by atomic mass is 16.3. The Labute approximate surface area is 90.6 Å². The number of carbonyl (C=O) groups excluding carboxylic acids is 1. The molecule has 2 N–H and O–H groups in total. The Morgan fingerprint density at radius 1 is 1.53 bits per heavy atom. The zero-order chi connectivity index (χ0) is 10.8. The average molecular weight is 212 g/mol. The van der Waals surface area contributed by atoms with E-state index in [1.807, 2.05) is 11.8 Å². The quantitative estimate of drug-likeness (QED) is 0.668. The third-order valence-corrected chi connectivity index (χ3v) is 3.58. The van der Waals surface area contributed by atoms with Crippen molar-refractivity contribution in [3.05, 3.63) is 0 Å². The molecule has 0 aromatic heterocycles. The number of rotatable bonds is 2. The fraction of sp³-hybridized carbons (Fsp3) is 0.909. The molecule has 0 aromatic carbocycles. The largest absolute Gasteiger partial charge is 0.393 e. The highest BCUT2D eigenvalue weighted by Gasteiger charge is 2.32. The zero-order valence-corrected chi connectivity index (χ0v) is 9.28. The van der Waals surface area contributed by atoms with Gasteiger partial charge in [0.25, 0.3) is 0 Å². The molecule has 2 rings (SSSR count). The Bertz CT molecular complexity index is 239. The van der Waals surface area contributed by atoms with E-state index in [1.54, 1.807) is 0 Å². The zero-order valence-electron chi connectivity index (χ0n) is 9.28. The number of amides is 1. The summed E-state index contributed by atoms with van der Waals surface area (Å²) in [5.41, 5.74) is 0. The second kappa shape index (κ2) is 4.49. The predicted molar refractivity (Wildman–Crippen MR) is 57.3 cm³/mol. The second-order valence-corrected chi connectivity index (χ2v) is 4.78. The van der Waals surface area contributed by atoms with E-state index in [-0.39, 0.29) is 23.8 Å². The third kappa shape index (κ3) is 2.32. The first-order chi connectivity index (χ1) is 7.18. The minimum absolute atomic E-state index is 0.192. The van der Waals surface area contributed by atoms with Gasteiger partial charge in [0.2, 0.25) is 5.91 Å². The maximum absolute atomic E-state index is 12.0. The van der Waals surface area contributed by atoms with Crippen LogP contribution in [0.4, 0.5) is 0 Å². The summed E-state index contributed by atoms with van der Waals surface area (Å²) in [4.78, 5) is 13.9. The average Bonchev–Trinajstić information content (AvgIpc) is 2.15. The molecule has 2 aliphatic rings. The fourth-order valence-electron chi connectivity index (χ4n) is 2.33. The standard InChI is InChI=1S/C11H20N2O2/c1-8(14)9-3-2-4-13(7-9)11(15)10-5-12-6-10/h8-10,12,14H,2-7H2,1H3/t8-,9+/m1/s1. The number of likely N-dealkylation sites (tertiary alicyclic amines) is 1. The maximum Gasteiger partial charge on any atom is 0.228 e. The molecular weight excluding hydrogens is 192 g/mol. The second-order valence-electron chi connectivity index (χ2n) is 4.78. The van der Waals surface area contributed by atoms with Gasteiger partial charge in [-0.2, -0.15) is 0 Å². The fourth-order valence-corrected chi connectivity index (χ4v) is 2.33. The molecule has 0 aliphatic carbocycles. The molecule has 0 aromatic rings. The van der Waals surface area contributed by atoms with E-state index in [0.29, 0.717) is 0 Å². The predicted octanol–water partition coefficient (Wildman–Crippen LogP) is -0.175. The summed E-state index contributed by atoms with van der Waals surface area (Å²) in [6.45, 7) is 5.10. The highest BCUT2D eigenvalue weighted by Crippen LogP contribution is 2.21. The van der Waals surface area contributed by atoms with Crippen LogP contribution in [0.3, 0.4) is 0 Å². The van der Waals surface area contributed by atoms with Crippen molar-refractivity contribution in [1.82, 2.24) is 10.2 Å². The van der Waals surface area contributed by atoms with Crippen molar-refractivity contribution in [1.29, 1.82) is 0 Å². The molecule has 4 nitrogen and oxygen atoms in total. The molecule has 2 heterocycles. The van der Waals surface area contributed by atoms with Crippen LogP contribution < -0.4 is 5.32 Å². The van der Waals surface area contributed by atoms with Gasteiger partial charge in [-0.15, -0.1) is 0 Å². The molecular formula is C11H20N2O2. The number of nitrogens with zero attached hydrogens (tertiary/aromatic N) is 1. The normalized spacial score (nSPS) is 29.7. The molecule has 0 saturated carbocycles. The Kier molecular flexibility index (Phi) is 3.26. The Balaban J connectivity index is 1.88. The number of piperidine rings is 1. The van der Waals surface area contributed by atoms with Crippen molar-refractivity contribution in [3.63, 3.8) is 0 Å². The first kappa shape index (κ1) is 10.9. The molecule has 2 fully saturated rings. The maximum atomic E-state index is 12.0. The van der Waals surface area contributed by atoms with Gasteiger partial charge in [-0.25, -0.2) is 0 Å². The van der Waals surface area contributed by atoms with Crippen molar-refractivity contribution >= 4 is 5.91 Å². The van der Waals surface area contributed by atoms with Crippen LogP contribution in [0, 0.1) is 11.8 Å². The molecule has 0 unspecified atom stereocenters. The Hall–Kier alpha value is -0.610. The molecule has 2 saturated heterocycles. The van der Waals surface area contributed by atoms with Crippen LogP contribution in [0.25, 0.3) is 0 Å². The van der Waals surface area contributed by atoms with Crippen molar-refractivity contribution in [2.24, 2.45) is 11.8 Å². The van der Waals surface area contributed by atoms with Gasteiger partial charge in [-0.05, 0) is 19.8 Å². The molecule has 0 bridgehead atoms. The van der Waals surface area contributed by atoms with Crippen molar-refractivity contribution in [2.75, 3.05) is 26.2 Å². The van der Waals surface area contributed by atoms with Crippen LogP contribution >= 0.6 is 0 Å². The van der Waals surface area contributed by atoms with E-state index in [9.17, 15) is 9.90 Å². The van der Waals surface area contributed by atoms with Crippen LogP contribution in [0.15, 0.2) is 0 Å². The van der Waals surface area contributed by atoms with E-state index in [0.717, 1.165) is 39.0 Å². The lowest BCUT2D eigenvalue weighted by atomic mass is 9.91. The summed E-state index contributed by atoms with van der Waals surface area (Å²) in [7, 11) is 0. The molecule has 0 spiro atoms. The molecule has 86 valence electrons. The summed E-state index contributed by atoms with van der Waals surface area (Å²) in [6.07, 6.45) is 1.78. The number of hydrogen-bond donors (Lipinski definition) is 2. The van der Waals surface area contributed by atoms with Gasteiger partial charge < -0.3 is 15.3 Å². The first-order valence-electron chi connectivity index (χ1n) is 5.86. The minimum Gasteiger partial charge on any atom is -0.393 e. The highest BCUT2D eigenvalue weighted by molar-refractivity contribution is 5.80. The number of aliphatic hydroxyl groups excluding tert-OH is 1. The van der Waals surface area contributed by atoms with E-state index in [2.05, 4.69) is 5.32 Å². The van der Waals surface area contributed by atoms with Crippen LogP contribution in [-0.4, -0.2) is 48.2 Å². The van der Waals surface area contributed by atoms with Crippen molar-refractivity contribution in [3.8, 4) is 0 Å². The van der Waals surface area contributed by atoms with Crippen LogP contribution in [-0.2, 0) is 4.79 Å². The van der Waals surface area contributed by atoms with Crippen molar-refractivity contribution < 1.29 is 9.90 Å². The summed E-state index contributed by atoms with van der Waals surface area (Å²) < 4.78 is 0. The van der Waals surface area contributed by atoms with Gasteiger partial charge >= 0.3 is 0 Å². The number of nitrogens with one attached hydrogen (secondary N) is 1. The van der Waals surface area contributed by atoms with Crippen LogP contribution in [0.1, 0.15) is 19.8 Å². The number of aliphatic hydroxyl groups is 1. The van der Waals surface area contributed by atoms with Gasteiger partial charge in [0.1, 0.15) is 0 Å².